The molecule has 2 N–H and O–H groups in total. The van der Waals surface area contributed by atoms with Crippen LogP contribution in [0.1, 0.15) is 32.8 Å². The van der Waals surface area contributed by atoms with Gasteiger partial charge in [0.1, 0.15) is 0 Å². The first-order chi connectivity index (χ1) is 8.52. The third kappa shape index (κ3) is 2.12. The third-order valence-corrected chi connectivity index (χ3v) is 3.46. The Morgan fingerprint density at radius 2 is 2.06 bits per heavy atom. The van der Waals surface area contributed by atoms with Crippen molar-refractivity contribution in [2.75, 3.05) is 0 Å². The Morgan fingerprint density at radius 3 is 2.50 bits per heavy atom. The summed E-state index contributed by atoms with van der Waals surface area (Å²) in [4.78, 5) is 27.1. The Hall–Kier alpha value is -2.15. The van der Waals surface area contributed by atoms with E-state index in [-0.39, 0.29) is 5.89 Å². The molecule has 6 nitrogen and oxygen atoms in total. The topological polar surface area (TPSA) is 101 Å². The molecule has 18 heavy (non-hydrogen) atoms. The van der Waals surface area contributed by atoms with Gasteiger partial charge >= 0.3 is 11.9 Å². The van der Waals surface area contributed by atoms with Crippen LogP contribution in [0.4, 0.5) is 0 Å². The van der Waals surface area contributed by atoms with Gasteiger partial charge in [-0.15, -0.1) is 11.3 Å². The van der Waals surface area contributed by atoms with Crippen LogP contribution in [0.25, 0.3) is 10.8 Å². The summed E-state index contributed by atoms with van der Waals surface area (Å²) in [5, 5.41) is 17.7. The van der Waals surface area contributed by atoms with Crippen LogP contribution in [-0.2, 0) is 6.42 Å². The van der Waals surface area contributed by atoms with Gasteiger partial charge in [0, 0.05) is 4.88 Å². The molecule has 0 bridgehead atoms. The molecule has 0 atom stereocenters. The molecule has 7 heteroatoms. The Balaban J connectivity index is 2.49. The number of aromatic nitrogens is 1. The fourth-order valence-corrected chi connectivity index (χ4v) is 2.27. The van der Waals surface area contributed by atoms with Crippen LogP contribution in [0.15, 0.2) is 16.5 Å². The molecule has 2 aromatic heterocycles. The molecule has 2 rings (SSSR count). The molecule has 0 fully saturated rings. The van der Waals surface area contributed by atoms with Crippen molar-refractivity contribution in [3.8, 4) is 10.8 Å². The predicted molar refractivity (Wildman–Crippen MR) is 63.1 cm³/mol. The molecule has 0 aliphatic carbocycles. The van der Waals surface area contributed by atoms with Gasteiger partial charge in [0.25, 0.3) is 0 Å². The van der Waals surface area contributed by atoms with Crippen LogP contribution in [0.5, 0.6) is 0 Å². The maximum Gasteiger partial charge on any atom is 0.374 e. The lowest BCUT2D eigenvalue weighted by Gasteiger charge is -1.88. The van der Waals surface area contributed by atoms with Crippen molar-refractivity contribution in [3.63, 3.8) is 0 Å². The van der Waals surface area contributed by atoms with Gasteiger partial charge < -0.3 is 14.6 Å². The van der Waals surface area contributed by atoms with Crippen molar-refractivity contribution in [2.24, 2.45) is 0 Å². The summed E-state index contributed by atoms with van der Waals surface area (Å²) in [5.41, 5.74) is -0.580. The van der Waals surface area contributed by atoms with E-state index in [0.29, 0.717) is 4.88 Å². The van der Waals surface area contributed by atoms with E-state index in [1.165, 1.54) is 11.3 Å². The summed E-state index contributed by atoms with van der Waals surface area (Å²) in [7, 11) is 0. The average Bonchev–Trinajstić information content (AvgIpc) is 2.95. The molecule has 0 saturated heterocycles. The third-order valence-electron chi connectivity index (χ3n) is 2.24. The lowest BCUT2D eigenvalue weighted by molar-refractivity contribution is 0.0624. The monoisotopic (exact) mass is 267 g/mol. The minimum Gasteiger partial charge on any atom is -0.476 e. The largest absolute Gasteiger partial charge is 0.476 e. The smallest absolute Gasteiger partial charge is 0.374 e. The summed E-state index contributed by atoms with van der Waals surface area (Å²) in [6.07, 6.45) is 0.836. The highest BCUT2D eigenvalue weighted by Crippen LogP contribution is 2.29. The van der Waals surface area contributed by atoms with E-state index in [9.17, 15) is 9.59 Å². The Morgan fingerprint density at radius 1 is 1.33 bits per heavy atom. The van der Waals surface area contributed by atoms with Crippen molar-refractivity contribution < 1.29 is 24.2 Å². The zero-order chi connectivity index (χ0) is 13.3. The first-order valence-electron chi connectivity index (χ1n) is 5.09. The molecule has 94 valence electrons. The second-order valence-electron chi connectivity index (χ2n) is 3.43. The minimum absolute atomic E-state index is 0.0227. The second-order valence-corrected chi connectivity index (χ2v) is 4.59. The molecule has 2 heterocycles. The number of rotatable bonds is 4. The zero-order valence-corrected chi connectivity index (χ0v) is 10.2. The molecule has 0 radical (unpaired) electrons. The van der Waals surface area contributed by atoms with Crippen molar-refractivity contribution in [1.82, 2.24) is 4.98 Å². The quantitative estimate of drug-likeness (QED) is 0.881. The summed E-state index contributed by atoms with van der Waals surface area (Å²) < 4.78 is 5.00. The van der Waals surface area contributed by atoms with Gasteiger partial charge in [-0.1, -0.05) is 6.92 Å². The molecule has 0 amide bonds. The summed E-state index contributed by atoms with van der Waals surface area (Å²) in [6, 6.07) is 3.59. The van der Waals surface area contributed by atoms with Gasteiger partial charge in [-0.2, -0.15) is 0 Å². The van der Waals surface area contributed by atoms with E-state index < -0.39 is 23.4 Å². The van der Waals surface area contributed by atoms with Crippen molar-refractivity contribution >= 4 is 23.3 Å². The van der Waals surface area contributed by atoms with Gasteiger partial charge in [-0.25, -0.2) is 14.6 Å². The number of carbonyl (C=O) groups is 2. The number of carboxylic acid groups (broad SMARTS) is 2. The lowest BCUT2D eigenvalue weighted by atomic mass is 10.3. The molecule has 0 spiro atoms. The van der Waals surface area contributed by atoms with Crippen molar-refractivity contribution in [3.05, 3.63) is 28.5 Å². The summed E-state index contributed by atoms with van der Waals surface area (Å²) >= 11 is 1.39. The molecule has 0 aliphatic heterocycles. The highest BCUT2D eigenvalue weighted by molar-refractivity contribution is 7.15. The predicted octanol–water partition coefficient (Wildman–Crippen LogP) is 2.36. The van der Waals surface area contributed by atoms with Crippen molar-refractivity contribution in [1.29, 1.82) is 0 Å². The van der Waals surface area contributed by atoms with Crippen LogP contribution >= 0.6 is 11.3 Å². The zero-order valence-electron chi connectivity index (χ0n) is 9.34. The van der Waals surface area contributed by atoms with Gasteiger partial charge in [-0.05, 0) is 18.6 Å². The Labute approximate surface area is 106 Å². The Kier molecular flexibility index (Phi) is 3.15. The fourth-order valence-electron chi connectivity index (χ4n) is 1.40. The van der Waals surface area contributed by atoms with Crippen LogP contribution in [0.3, 0.4) is 0 Å². The first-order valence-corrected chi connectivity index (χ1v) is 5.91. The molecule has 0 saturated carbocycles. The normalized spacial score (nSPS) is 10.5. The van der Waals surface area contributed by atoms with E-state index in [2.05, 4.69) is 4.98 Å². The second kappa shape index (κ2) is 4.61. The highest BCUT2D eigenvalue weighted by Gasteiger charge is 2.25. The number of aryl methyl sites for hydroxylation is 1. The SMILES string of the molecule is CCc1ccc(-c2nc(C(=O)O)c(C(=O)O)o2)s1. The molecular weight excluding hydrogens is 258 g/mol. The fraction of sp³-hybridized carbons (Fsp3) is 0.182. The molecule has 0 aromatic carbocycles. The number of hydrogen-bond donors (Lipinski definition) is 2. The summed E-state index contributed by atoms with van der Waals surface area (Å²) in [5.74, 6) is -3.49. The summed E-state index contributed by atoms with van der Waals surface area (Å²) in [6.45, 7) is 1.98. The molecular formula is C11H9NO5S. The minimum atomic E-state index is -1.45. The first kappa shape index (κ1) is 12.3. The van der Waals surface area contributed by atoms with Crippen molar-refractivity contribution in [2.45, 2.75) is 13.3 Å². The van der Waals surface area contributed by atoms with E-state index >= 15 is 0 Å². The highest BCUT2D eigenvalue weighted by atomic mass is 32.1. The average molecular weight is 267 g/mol. The molecule has 2 aromatic rings. The number of aromatic carboxylic acids is 2. The number of oxazole rings is 1. The van der Waals surface area contributed by atoms with Crippen LogP contribution < -0.4 is 0 Å². The maximum absolute atomic E-state index is 10.8. The van der Waals surface area contributed by atoms with E-state index in [4.69, 9.17) is 14.6 Å². The van der Waals surface area contributed by atoms with Gasteiger partial charge in [0.2, 0.25) is 17.3 Å². The van der Waals surface area contributed by atoms with Gasteiger partial charge in [-0.3, -0.25) is 0 Å². The van der Waals surface area contributed by atoms with Gasteiger partial charge in [0.05, 0.1) is 4.88 Å². The lowest BCUT2D eigenvalue weighted by Crippen LogP contribution is -2.05. The number of nitrogens with zero attached hydrogens (tertiary/aromatic N) is 1. The standard InChI is InChI=1S/C11H9NO5S/c1-2-5-3-4-6(18-5)9-12-7(10(13)14)8(17-9)11(15)16/h3-4H,2H2,1H3,(H,13,14)(H,15,16). The van der Waals surface area contributed by atoms with Crippen LogP contribution in [0, 0.1) is 0 Å². The molecule has 0 unspecified atom stereocenters. The van der Waals surface area contributed by atoms with Crippen LogP contribution in [0.2, 0.25) is 0 Å². The number of carboxylic acids is 2. The number of thiophene rings is 1. The molecule has 0 aliphatic rings. The maximum atomic E-state index is 10.8. The van der Waals surface area contributed by atoms with Crippen LogP contribution in [-0.4, -0.2) is 27.1 Å². The van der Waals surface area contributed by atoms with E-state index in [0.717, 1.165) is 11.3 Å². The van der Waals surface area contributed by atoms with E-state index in [1.807, 2.05) is 13.0 Å². The van der Waals surface area contributed by atoms with E-state index in [1.54, 1.807) is 6.07 Å². The van der Waals surface area contributed by atoms with Gasteiger partial charge in [0.15, 0.2) is 0 Å². The number of hydrogen-bond acceptors (Lipinski definition) is 5. The Bertz CT molecular complexity index is 581.